The minimum Gasteiger partial charge on any atom is -0.398 e. The monoisotopic (exact) mass is 546 g/mol. The largest absolute Gasteiger partial charge is 0.398 e. The lowest BCUT2D eigenvalue weighted by Crippen LogP contribution is -2.50. The van der Waals surface area contributed by atoms with Crippen LogP contribution in [-0.2, 0) is 4.74 Å². The van der Waals surface area contributed by atoms with Crippen molar-refractivity contribution in [2.75, 3.05) is 23.8 Å². The summed E-state index contributed by atoms with van der Waals surface area (Å²) >= 11 is 6.47. The summed E-state index contributed by atoms with van der Waals surface area (Å²) in [4.78, 5) is 15.8. The lowest BCUT2D eigenvalue weighted by atomic mass is 9.95. The molecule has 1 aliphatic rings. The number of hydrogen-bond acceptors (Lipinski definition) is 5. The van der Waals surface area contributed by atoms with Gasteiger partial charge in [0.15, 0.2) is 0 Å². The molecule has 4 N–H and O–H groups in total. The number of nitrogen functional groups attached to an aromatic ring is 1. The van der Waals surface area contributed by atoms with E-state index in [1.807, 2.05) is 36.4 Å². The molecule has 6 nitrogen and oxygen atoms in total. The van der Waals surface area contributed by atoms with Crippen LogP contribution in [0.4, 0.5) is 11.4 Å². The molecule has 1 amide bonds. The van der Waals surface area contributed by atoms with Gasteiger partial charge in [-0.05, 0) is 67.6 Å². The predicted molar refractivity (Wildman–Crippen MR) is 161 cm³/mol. The predicted octanol–water partition coefficient (Wildman–Crippen LogP) is 6.86. The summed E-state index contributed by atoms with van der Waals surface area (Å²) < 4.78 is 5.75. The number of hydrogen-bond donors (Lipinski definition) is 3. The van der Waals surface area contributed by atoms with Crippen molar-refractivity contribution in [1.29, 1.82) is 5.41 Å². The lowest BCUT2D eigenvalue weighted by Gasteiger charge is -2.42. The molecule has 39 heavy (non-hydrogen) atoms. The first-order valence-corrected chi connectivity index (χ1v) is 14.1. The summed E-state index contributed by atoms with van der Waals surface area (Å²) in [6, 6.07) is 21.1. The van der Waals surface area contributed by atoms with Gasteiger partial charge in [-0.2, -0.15) is 0 Å². The van der Waals surface area contributed by atoms with Crippen molar-refractivity contribution in [1.82, 2.24) is 5.32 Å². The van der Waals surface area contributed by atoms with Crippen LogP contribution in [0.2, 0.25) is 5.02 Å². The number of ether oxygens (including phenoxy) is 1. The van der Waals surface area contributed by atoms with Gasteiger partial charge in [-0.25, -0.2) is 0 Å². The first-order chi connectivity index (χ1) is 18.7. The second-order valence-corrected chi connectivity index (χ2v) is 11.2. The molecule has 0 radical (unpaired) electrons. The first kappa shape index (κ1) is 28.7. The van der Waals surface area contributed by atoms with Crippen LogP contribution in [-0.4, -0.2) is 36.9 Å². The van der Waals surface area contributed by atoms with Crippen molar-refractivity contribution < 1.29 is 9.53 Å². The number of amides is 1. The van der Waals surface area contributed by atoms with Gasteiger partial charge < -0.3 is 20.7 Å². The molecule has 3 aromatic rings. The zero-order valence-electron chi connectivity index (χ0n) is 23.2. The van der Waals surface area contributed by atoms with E-state index >= 15 is 0 Å². The van der Waals surface area contributed by atoms with Gasteiger partial charge in [-0.15, -0.1) is 0 Å². The highest BCUT2D eigenvalue weighted by atomic mass is 35.5. The Morgan fingerprint density at radius 1 is 1.10 bits per heavy atom. The highest BCUT2D eigenvalue weighted by molar-refractivity contribution is 6.31. The fourth-order valence-corrected chi connectivity index (χ4v) is 5.55. The molecule has 0 saturated carbocycles. The fraction of sp³-hybridized carbons (Fsp3) is 0.375. The quantitative estimate of drug-likeness (QED) is 0.202. The van der Waals surface area contributed by atoms with Gasteiger partial charge in [0.1, 0.15) is 0 Å². The summed E-state index contributed by atoms with van der Waals surface area (Å²) in [6.45, 7) is 10.0. The molecule has 3 atom stereocenters. The second kappa shape index (κ2) is 12.7. The lowest BCUT2D eigenvalue weighted by molar-refractivity contribution is 0.0700. The van der Waals surface area contributed by atoms with Crippen molar-refractivity contribution in [2.45, 2.75) is 58.7 Å². The zero-order valence-corrected chi connectivity index (χ0v) is 24.0. The minimum absolute atomic E-state index is 0.225. The average Bonchev–Trinajstić information content (AvgIpc) is 2.92. The highest BCUT2D eigenvalue weighted by Gasteiger charge is 2.27. The van der Waals surface area contributed by atoms with Gasteiger partial charge in [0.05, 0.1) is 31.0 Å². The molecule has 1 heterocycles. The van der Waals surface area contributed by atoms with Gasteiger partial charge in [-0.3, -0.25) is 10.2 Å². The molecular weight excluding hydrogens is 508 g/mol. The van der Waals surface area contributed by atoms with Crippen LogP contribution in [0.3, 0.4) is 0 Å². The van der Waals surface area contributed by atoms with Crippen LogP contribution in [0.1, 0.15) is 73.6 Å². The van der Waals surface area contributed by atoms with Crippen molar-refractivity contribution in [3.8, 4) is 0 Å². The Hall–Kier alpha value is -3.35. The van der Waals surface area contributed by atoms with Gasteiger partial charge in [-0.1, -0.05) is 62.7 Å². The molecule has 1 aliphatic heterocycles. The number of nitrogens with two attached hydrogens (primary N) is 1. The molecule has 206 valence electrons. The third kappa shape index (κ3) is 6.63. The summed E-state index contributed by atoms with van der Waals surface area (Å²) in [6.07, 6.45) is 1.75. The number of morpholine rings is 1. The summed E-state index contributed by atoms with van der Waals surface area (Å²) in [7, 11) is 0. The Bertz CT molecular complexity index is 1310. The van der Waals surface area contributed by atoms with Crippen LogP contribution in [0.15, 0.2) is 66.7 Å². The molecule has 7 heteroatoms. The van der Waals surface area contributed by atoms with Crippen molar-refractivity contribution in [3.05, 3.63) is 94.0 Å². The zero-order chi connectivity index (χ0) is 28.1. The van der Waals surface area contributed by atoms with Gasteiger partial charge in [0.2, 0.25) is 0 Å². The van der Waals surface area contributed by atoms with Crippen LogP contribution < -0.4 is 16.0 Å². The number of anilines is 2. The van der Waals surface area contributed by atoms with E-state index in [-0.39, 0.29) is 23.7 Å². The molecule has 1 saturated heterocycles. The smallest absolute Gasteiger partial charge is 0.251 e. The number of rotatable bonds is 9. The van der Waals surface area contributed by atoms with E-state index in [2.05, 4.69) is 50.0 Å². The van der Waals surface area contributed by atoms with Gasteiger partial charge in [0.25, 0.3) is 5.91 Å². The minimum atomic E-state index is -0.228. The van der Waals surface area contributed by atoms with E-state index in [9.17, 15) is 4.79 Å². The molecule has 0 spiro atoms. The standard InChI is InChI=1S/C32H39ClN4O2/c1-5-24-19-39-18-21(4)37(24)25-13-10-22(11-14-25)31(35)27-17-23(12-15-29(27)34)32(38)36-30(16-20(2)3)26-8-6-7-9-28(26)33/h6-15,17,20-21,24,30,35H,5,16,18-19,34H2,1-4H3,(H,36,38)/t21?,24?,30-/m0/s1. The molecule has 3 aromatic carbocycles. The van der Waals surface area contributed by atoms with Crippen LogP contribution in [0.5, 0.6) is 0 Å². The van der Waals surface area contributed by atoms with Crippen LogP contribution in [0.25, 0.3) is 0 Å². The second-order valence-electron chi connectivity index (χ2n) is 10.8. The third-order valence-corrected chi connectivity index (χ3v) is 7.69. The highest BCUT2D eigenvalue weighted by Crippen LogP contribution is 2.29. The molecule has 0 aliphatic carbocycles. The van der Waals surface area contributed by atoms with E-state index < -0.39 is 0 Å². The first-order valence-electron chi connectivity index (χ1n) is 13.7. The topological polar surface area (TPSA) is 91.4 Å². The van der Waals surface area contributed by atoms with Gasteiger partial charge in [0, 0.05) is 39.1 Å². The number of carbonyl (C=O) groups is 1. The molecule has 1 fully saturated rings. The third-order valence-electron chi connectivity index (χ3n) is 7.34. The normalized spacial score (nSPS) is 18.2. The summed E-state index contributed by atoms with van der Waals surface area (Å²) in [5, 5.41) is 12.7. The Morgan fingerprint density at radius 3 is 2.46 bits per heavy atom. The molecule has 4 rings (SSSR count). The number of benzene rings is 3. The van der Waals surface area contributed by atoms with E-state index in [0.717, 1.165) is 36.3 Å². The number of carbonyl (C=O) groups excluding carboxylic acids is 1. The van der Waals surface area contributed by atoms with Gasteiger partial charge >= 0.3 is 0 Å². The Balaban J connectivity index is 1.55. The van der Waals surface area contributed by atoms with Crippen molar-refractivity contribution in [3.63, 3.8) is 0 Å². The van der Waals surface area contributed by atoms with Crippen LogP contribution >= 0.6 is 11.6 Å². The average molecular weight is 547 g/mol. The summed E-state index contributed by atoms with van der Waals surface area (Å²) in [5.41, 5.74) is 10.8. The van der Waals surface area contributed by atoms with E-state index in [4.69, 9.17) is 27.5 Å². The maximum absolute atomic E-state index is 13.4. The Kier molecular flexibility index (Phi) is 9.31. The Labute approximate surface area is 237 Å². The summed E-state index contributed by atoms with van der Waals surface area (Å²) in [5.74, 6) is 0.134. The molecule has 2 unspecified atom stereocenters. The SMILES string of the molecule is CCC1COCC(C)N1c1ccc(C(=N)c2cc(C(=O)N[C@@H](CC(C)C)c3ccccc3Cl)ccc2N)cc1. The number of nitrogens with zero attached hydrogens (tertiary/aromatic N) is 1. The molecule has 0 aromatic heterocycles. The Morgan fingerprint density at radius 2 is 1.79 bits per heavy atom. The molecule has 0 bridgehead atoms. The van der Waals surface area contributed by atoms with E-state index in [0.29, 0.717) is 40.4 Å². The van der Waals surface area contributed by atoms with Crippen molar-refractivity contribution >= 4 is 34.6 Å². The fourth-order valence-electron chi connectivity index (χ4n) is 5.28. The maximum Gasteiger partial charge on any atom is 0.251 e. The van der Waals surface area contributed by atoms with E-state index in [1.54, 1.807) is 18.2 Å². The number of halogens is 1. The van der Waals surface area contributed by atoms with Crippen LogP contribution in [0, 0.1) is 11.3 Å². The number of nitrogens with one attached hydrogen (secondary N) is 2. The van der Waals surface area contributed by atoms with Crippen molar-refractivity contribution in [2.24, 2.45) is 5.92 Å². The maximum atomic E-state index is 13.4. The van der Waals surface area contributed by atoms with E-state index in [1.165, 1.54) is 0 Å². The molecular formula is C32H39ClN4O2.